The van der Waals surface area contributed by atoms with Gasteiger partial charge in [0.15, 0.2) is 5.82 Å². The predicted molar refractivity (Wildman–Crippen MR) is 118 cm³/mol. The minimum atomic E-state index is -0.234. The van der Waals surface area contributed by atoms with Crippen LogP contribution in [0.25, 0.3) is 0 Å². The monoisotopic (exact) mass is 427 g/mol. The standard InChI is InChI=1S/C22H25N5O2.ClH/c1-27-22(24-20(26-27)17-10-12-23-13-11-17)25-21(28)18-8-5-9-19(14-18)29-15-16-6-3-2-4-7-16;/h2-9,14,17,23H,10-13,15H2,1H3,(H,24,25,26,28);1H. The largest absolute Gasteiger partial charge is 0.489 e. The molecule has 7 nitrogen and oxygen atoms in total. The lowest BCUT2D eigenvalue weighted by atomic mass is 9.98. The number of ether oxygens (including phenoxy) is 1. The van der Waals surface area contributed by atoms with Gasteiger partial charge in [-0.05, 0) is 49.7 Å². The Labute approximate surface area is 182 Å². The van der Waals surface area contributed by atoms with Crippen molar-refractivity contribution in [3.05, 3.63) is 71.5 Å². The fourth-order valence-electron chi connectivity index (χ4n) is 3.41. The van der Waals surface area contributed by atoms with Crippen molar-refractivity contribution in [2.45, 2.75) is 25.4 Å². The third-order valence-corrected chi connectivity index (χ3v) is 5.05. The Morgan fingerprint density at radius 3 is 2.70 bits per heavy atom. The van der Waals surface area contributed by atoms with Crippen LogP contribution in [0.2, 0.25) is 0 Å². The number of rotatable bonds is 6. The SMILES string of the molecule is Cl.Cn1nc(C2CCNCC2)nc1NC(=O)c1cccc(OCc2ccccc2)c1. The maximum atomic E-state index is 12.7. The number of carbonyl (C=O) groups is 1. The number of anilines is 1. The van der Waals surface area contributed by atoms with E-state index in [4.69, 9.17) is 4.74 Å². The first-order chi connectivity index (χ1) is 14.2. The number of aromatic nitrogens is 3. The van der Waals surface area contributed by atoms with Crippen LogP contribution in [0.4, 0.5) is 5.95 Å². The Bertz CT molecular complexity index is 971. The topological polar surface area (TPSA) is 81.1 Å². The van der Waals surface area contributed by atoms with Gasteiger partial charge in [-0.25, -0.2) is 4.68 Å². The molecule has 0 saturated carbocycles. The molecule has 2 heterocycles. The van der Waals surface area contributed by atoms with Crippen LogP contribution in [0, 0.1) is 0 Å². The van der Waals surface area contributed by atoms with Gasteiger partial charge >= 0.3 is 0 Å². The third-order valence-electron chi connectivity index (χ3n) is 5.05. The number of carbonyl (C=O) groups excluding carboxylic acids is 1. The number of nitrogens with one attached hydrogen (secondary N) is 2. The molecule has 2 N–H and O–H groups in total. The molecule has 0 atom stereocenters. The Morgan fingerprint density at radius 2 is 1.93 bits per heavy atom. The first-order valence-corrected chi connectivity index (χ1v) is 9.89. The van der Waals surface area contributed by atoms with Crippen molar-refractivity contribution in [3.8, 4) is 5.75 Å². The molecule has 1 amide bonds. The average Bonchev–Trinajstić information content (AvgIpc) is 3.14. The maximum absolute atomic E-state index is 12.7. The van der Waals surface area contributed by atoms with Gasteiger partial charge < -0.3 is 10.1 Å². The predicted octanol–water partition coefficient (Wildman–Crippen LogP) is 3.54. The summed E-state index contributed by atoms with van der Waals surface area (Å²) in [5, 5.41) is 10.7. The number of hydrogen-bond donors (Lipinski definition) is 2. The smallest absolute Gasteiger partial charge is 0.258 e. The minimum Gasteiger partial charge on any atom is -0.489 e. The van der Waals surface area contributed by atoms with Crippen molar-refractivity contribution in [1.82, 2.24) is 20.1 Å². The van der Waals surface area contributed by atoms with Crippen molar-refractivity contribution >= 4 is 24.3 Å². The van der Waals surface area contributed by atoms with Crippen LogP contribution in [0.5, 0.6) is 5.75 Å². The van der Waals surface area contributed by atoms with Crippen molar-refractivity contribution in [2.75, 3.05) is 18.4 Å². The number of piperidine rings is 1. The highest BCUT2D eigenvalue weighted by Crippen LogP contribution is 2.23. The number of aryl methyl sites for hydroxylation is 1. The fourth-order valence-corrected chi connectivity index (χ4v) is 3.41. The van der Waals surface area contributed by atoms with Gasteiger partial charge in [0.1, 0.15) is 12.4 Å². The summed E-state index contributed by atoms with van der Waals surface area (Å²) < 4.78 is 7.45. The lowest BCUT2D eigenvalue weighted by Gasteiger charge is -2.19. The molecule has 1 saturated heterocycles. The first-order valence-electron chi connectivity index (χ1n) is 9.89. The summed E-state index contributed by atoms with van der Waals surface area (Å²) in [4.78, 5) is 17.3. The van der Waals surface area contributed by atoms with Crippen LogP contribution in [0.1, 0.15) is 40.5 Å². The van der Waals surface area contributed by atoms with Crippen LogP contribution in [0.15, 0.2) is 54.6 Å². The van der Waals surface area contributed by atoms with E-state index in [-0.39, 0.29) is 18.3 Å². The van der Waals surface area contributed by atoms with Crippen LogP contribution in [0.3, 0.4) is 0 Å². The van der Waals surface area contributed by atoms with Gasteiger partial charge in [-0.15, -0.1) is 12.4 Å². The van der Waals surface area contributed by atoms with Gasteiger partial charge in [0.25, 0.3) is 5.91 Å². The van der Waals surface area contributed by atoms with Crippen molar-refractivity contribution in [1.29, 1.82) is 0 Å². The van der Waals surface area contributed by atoms with Crippen LogP contribution < -0.4 is 15.4 Å². The molecule has 30 heavy (non-hydrogen) atoms. The molecule has 1 fully saturated rings. The van der Waals surface area contributed by atoms with Gasteiger partial charge in [-0.2, -0.15) is 10.1 Å². The number of benzene rings is 2. The van der Waals surface area contributed by atoms with Crippen molar-refractivity contribution in [2.24, 2.45) is 7.05 Å². The zero-order valence-corrected chi connectivity index (χ0v) is 17.7. The lowest BCUT2D eigenvalue weighted by Crippen LogP contribution is -2.27. The second-order valence-electron chi connectivity index (χ2n) is 7.20. The molecular formula is C22H26ClN5O2. The molecular weight excluding hydrogens is 402 g/mol. The maximum Gasteiger partial charge on any atom is 0.258 e. The van der Waals surface area contributed by atoms with E-state index in [0.29, 0.717) is 29.8 Å². The molecule has 158 valence electrons. The Morgan fingerprint density at radius 1 is 1.17 bits per heavy atom. The Kier molecular flexibility index (Phi) is 7.43. The van der Waals surface area contributed by atoms with Gasteiger partial charge in [0.2, 0.25) is 5.95 Å². The van der Waals surface area contributed by atoms with Crippen molar-refractivity contribution in [3.63, 3.8) is 0 Å². The minimum absolute atomic E-state index is 0. The second-order valence-corrected chi connectivity index (χ2v) is 7.20. The number of halogens is 1. The Hall–Kier alpha value is -2.90. The summed E-state index contributed by atoms with van der Waals surface area (Å²) >= 11 is 0. The molecule has 1 aliphatic rings. The highest BCUT2D eigenvalue weighted by molar-refractivity contribution is 6.03. The number of hydrogen-bond acceptors (Lipinski definition) is 5. The van der Waals surface area contributed by atoms with Gasteiger partial charge in [0.05, 0.1) is 0 Å². The quantitative estimate of drug-likeness (QED) is 0.629. The summed E-state index contributed by atoms with van der Waals surface area (Å²) in [6.07, 6.45) is 2.02. The van der Waals surface area contributed by atoms with Gasteiger partial charge in [0, 0.05) is 18.5 Å². The Balaban J connectivity index is 0.00000256. The van der Waals surface area contributed by atoms with Crippen molar-refractivity contribution < 1.29 is 9.53 Å². The van der Waals surface area contributed by atoms with E-state index in [0.717, 1.165) is 37.3 Å². The summed E-state index contributed by atoms with van der Waals surface area (Å²) in [5.41, 5.74) is 1.59. The molecule has 1 aliphatic heterocycles. The van der Waals surface area contributed by atoms with Crippen LogP contribution in [-0.2, 0) is 13.7 Å². The molecule has 8 heteroatoms. The zero-order chi connectivity index (χ0) is 20.1. The molecule has 3 aromatic rings. The molecule has 1 aromatic heterocycles. The highest BCUT2D eigenvalue weighted by atomic mass is 35.5. The number of amides is 1. The molecule has 0 radical (unpaired) electrons. The van der Waals surface area contributed by atoms with E-state index in [9.17, 15) is 4.79 Å². The number of nitrogens with zero attached hydrogens (tertiary/aromatic N) is 3. The van der Waals surface area contributed by atoms with Gasteiger partial charge in [-0.1, -0.05) is 36.4 Å². The van der Waals surface area contributed by atoms with E-state index in [1.165, 1.54) is 0 Å². The highest BCUT2D eigenvalue weighted by Gasteiger charge is 2.21. The molecule has 4 rings (SSSR count). The van der Waals surface area contributed by atoms with E-state index in [1.54, 1.807) is 23.9 Å². The van der Waals surface area contributed by atoms with E-state index >= 15 is 0 Å². The van der Waals surface area contributed by atoms with E-state index < -0.39 is 0 Å². The fraction of sp³-hybridized carbons (Fsp3) is 0.318. The summed E-state index contributed by atoms with van der Waals surface area (Å²) in [5.74, 6) is 2.00. The van der Waals surface area contributed by atoms with Crippen LogP contribution in [-0.4, -0.2) is 33.8 Å². The first kappa shape index (κ1) is 21.8. The van der Waals surface area contributed by atoms with Gasteiger partial charge in [-0.3, -0.25) is 10.1 Å². The normalized spacial score (nSPS) is 14.0. The third kappa shape index (κ3) is 5.37. The molecule has 2 aromatic carbocycles. The van der Waals surface area contributed by atoms with E-state index in [2.05, 4.69) is 20.7 Å². The summed E-state index contributed by atoms with van der Waals surface area (Å²) in [6.45, 7) is 2.40. The summed E-state index contributed by atoms with van der Waals surface area (Å²) in [6, 6.07) is 17.1. The summed E-state index contributed by atoms with van der Waals surface area (Å²) in [7, 11) is 1.80. The van der Waals surface area contributed by atoms with E-state index in [1.807, 2.05) is 42.5 Å². The van der Waals surface area contributed by atoms with Crippen LogP contribution >= 0.6 is 12.4 Å². The second kappa shape index (κ2) is 10.2. The zero-order valence-electron chi connectivity index (χ0n) is 16.9. The molecule has 0 aliphatic carbocycles. The lowest BCUT2D eigenvalue weighted by molar-refractivity contribution is 0.102. The average molecular weight is 428 g/mol. The molecule has 0 spiro atoms. The molecule has 0 bridgehead atoms. The molecule has 0 unspecified atom stereocenters.